The molecule has 7 heteroatoms. The van der Waals surface area contributed by atoms with E-state index in [1.54, 1.807) is 0 Å². The molecule has 1 fully saturated rings. The van der Waals surface area contributed by atoms with Crippen molar-refractivity contribution in [3.05, 3.63) is 0 Å². The van der Waals surface area contributed by atoms with Crippen LogP contribution in [0.1, 0.15) is 0 Å². The van der Waals surface area contributed by atoms with Crippen LogP contribution < -0.4 is 5.32 Å². The smallest absolute Gasteiger partial charge is 0.414 e. The minimum absolute atomic E-state index is 0.229. The first-order valence-electron chi connectivity index (χ1n) is 4.43. The Balaban J connectivity index is 0.000000288. The number of rotatable bonds is 1. The van der Waals surface area contributed by atoms with Gasteiger partial charge in [0.15, 0.2) is 0 Å². The van der Waals surface area contributed by atoms with Crippen LogP contribution in [0.4, 0.5) is 0 Å². The van der Waals surface area contributed by atoms with E-state index >= 15 is 0 Å². The number of carboxylic acid groups (broad SMARTS) is 2. The average Bonchev–Trinajstić information content (AvgIpc) is 2.46. The molecule has 0 spiro atoms. The van der Waals surface area contributed by atoms with Crippen molar-refractivity contribution in [2.75, 3.05) is 32.9 Å². The second-order valence-corrected chi connectivity index (χ2v) is 2.94. The molecule has 7 nitrogen and oxygen atoms in total. The molecule has 4 N–H and O–H groups in total. The summed E-state index contributed by atoms with van der Waals surface area (Å²) in [5, 5.41) is 26.6. The molecule has 0 aromatic heterocycles. The van der Waals surface area contributed by atoms with E-state index in [0.717, 1.165) is 19.7 Å². The summed E-state index contributed by atoms with van der Waals surface area (Å²) in [5.41, 5.74) is 0. The van der Waals surface area contributed by atoms with Crippen molar-refractivity contribution >= 4 is 11.9 Å². The van der Waals surface area contributed by atoms with Gasteiger partial charge >= 0.3 is 11.9 Å². The number of hydrogen-bond donors (Lipinski definition) is 4. The summed E-state index contributed by atoms with van der Waals surface area (Å²) in [6, 6.07) is 0. The normalized spacial score (nSPS) is 20.7. The number of carbonyl (C=O) groups is 2. The first kappa shape index (κ1) is 13.8. The molecular weight excluding hydrogens is 206 g/mol. The zero-order chi connectivity index (χ0) is 11.7. The van der Waals surface area contributed by atoms with Crippen LogP contribution in [-0.2, 0) is 14.3 Å². The van der Waals surface area contributed by atoms with Gasteiger partial charge in [0.2, 0.25) is 0 Å². The summed E-state index contributed by atoms with van der Waals surface area (Å²) in [7, 11) is 0. The van der Waals surface area contributed by atoms with E-state index < -0.39 is 11.9 Å². The molecule has 0 bridgehead atoms. The molecule has 0 saturated carbocycles. The topological polar surface area (TPSA) is 116 Å². The first-order valence-corrected chi connectivity index (χ1v) is 4.43. The Kier molecular flexibility index (Phi) is 7.51. The average molecular weight is 221 g/mol. The van der Waals surface area contributed by atoms with Crippen molar-refractivity contribution in [3.63, 3.8) is 0 Å². The summed E-state index contributed by atoms with van der Waals surface area (Å²) < 4.78 is 5.18. The number of aliphatic hydroxyl groups is 1. The number of ether oxygens (including phenoxy) is 1. The highest BCUT2D eigenvalue weighted by Gasteiger charge is 2.09. The second kappa shape index (κ2) is 8.16. The largest absolute Gasteiger partial charge is 0.473 e. The molecule has 0 aliphatic carbocycles. The Hall–Kier alpha value is -1.18. The van der Waals surface area contributed by atoms with Crippen LogP contribution in [-0.4, -0.2) is 60.2 Å². The van der Waals surface area contributed by atoms with E-state index in [1.165, 1.54) is 0 Å². The highest BCUT2D eigenvalue weighted by Crippen LogP contribution is 1.96. The van der Waals surface area contributed by atoms with Crippen LogP contribution in [0.2, 0.25) is 0 Å². The Labute approximate surface area is 86.7 Å². The van der Waals surface area contributed by atoms with Crippen LogP contribution >= 0.6 is 0 Å². The summed E-state index contributed by atoms with van der Waals surface area (Å²) >= 11 is 0. The molecule has 1 rings (SSSR count). The lowest BCUT2D eigenvalue weighted by Crippen LogP contribution is -2.24. The maximum atomic E-state index is 9.10. The Morgan fingerprint density at radius 3 is 2.40 bits per heavy atom. The van der Waals surface area contributed by atoms with Crippen molar-refractivity contribution in [1.82, 2.24) is 5.32 Å². The fourth-order valence-electron chi connectivity index (χ4n) is 0.877. The van der Waals surface area contributed by atoms with Gasteiger partial charge in [0, 0.05) is 25.6 Å². The molecule has 0 aromatic rings. The monoisotopic (exact) mass is 221 g/mol. The van der Waals surface area contributed by atoms with Gasteiger partial charge in [-0.2, -0.15) is 0 Å². The molecule has 1 aliphatic heterocycles. The van der Waals surface area contributed by atoms with Crippen LogP contribution in [0.3, 0.4) is 0 Å². The Morgan fingerprint density at radius 1 is 1.33 bits per heavy atom. The number of aliphatic hydroxyl groups excluding tert-OH is 1. The third-order valence-corrected chi connectivity index (χ3v) is 1.65. The third-order valence-electron chi connectivity index (χ3n) is 1.65. The van der Waals surface area contributed by atoms with Crippen molar-refractivity contribution in [2.24, 2.45) is 5.92 Å². The molecule has 0 aromatic carbocycles. The predicted molar refractivity (Wildman–Crippen MR) is 49.5 cm³/mol. The number of hydrogen-bond acceptors (Lipinski definition) is 5. The van der Waals surface area contributed by atoms with E-state index in [1.807, 2.05) is 0 Å². The van der Waals surface area contributed by atoms with Crippen molar-refractivity contribution in [1.29, 1.82) is 0 Å². The maximum Gasteiger partial charge on any atom is 0.414 e. The number of carboxylic acids is 2. The second-order valence-electron chi connectivity index (χ2n) is 2.94. The standard InChI is InChI=1S/C6H13NO2.C2H2O4/c8-4-6-3-7-1-2-9-5-6;3-1(4)2(5)6/h6-8H,1-5H2;(H,3,4)(H,5,6). The van der Waals surface area contributed by atoms with Crippen molar-refractivity contribution < 1.29 is 29.6 Å². The lowest BCUT2D eigenvalue weighted by molar-refractivity contribution is -0.159. The maximum absolute atomic E-state index is 9.10. The third kappa shape index (κ3) is 7.86. The van der Waals surface area contributed by atoms with Gasteiger partial charge in [-0.3, -0.25) is 0 Å². The molecular formula is C8H15NO6. The molecule has 1 heterocycles. The highest BCUT2D eigenvalue weighted by atomic mass is 16.5. The Morgan fingerprint density at radius 2 is 1.93 bits per heavy atom. The number of nitrogens with one attached hydrogen (secondary N) is 1. The van der Waals surface area contributed by atoms with Gasteiger partial charge in [-0.05, 0) is 0 Å². The zero-order valence-corrected chi connectivity index (χ0v) is 8.18. The van der Waals surface area contributed by atoms with Crippen LogP contribution in [0.5, 0.6) is 0 Å². The molecule has 1 unspecified atom stereocenters. The summed E-state index contributed by atoms with van der Waals surface area (Å²) in [6.45, 7) is 3.50. The van der Waals surface area contributed by atoms with Gasteiger partial charge < -0.3 is 25.4 Å². The predicted octanol–water partition coefficient (Wildman–Crippen LogP) is -1.63. The van der Waals surface area contributed by atoms with Crippen molar-refractivity contribution in [2.45, 2.75) is 0 Å². The van der Waals surface area contributed by atoms with Crippen LogP contribution in [0, 0.1) is 5.92 Å². The molecule has 1 saturated heterocycles. The first-order chi connectivity index (χ1) is 7.07. The molecule has 0 radical (unpaired) electrons. The van der Waals surface area contributed by atoms with E-state index in [9.17, 15) is 0 Å². The Bertz CT molecular complexity index is 187. The van der Waals surface area contributed by atoms with Crippen molar-refractivity contribution in [3.8, 4) is 0 Å². The van der Waals surface area contributed by atoms with Gasteiger partial charge in [-0.15, -0.1) is 0 Å². The SMILES string of the molecule is O=C(O)C(=O)O.OCC1CNCCOC1. The number of aliphatic carboxylic acids is 2. The van der Waals surface area contributed by atoms with Crippen LogP contribution in [0.15, 0.2) is 0 Å². The van der Waals surface area contributed by atoms with Gasteiger partial charge in [0.1, 0.15) is 0 Å². The minimum Gasteiger partial charge on any atom is -0.473 e. The molecule has 88 valence electrons. The highest BCUT2D eigenvalue weighted by molar-refractivity contribution is 6.27. The van der Waals surface area contributed by atoms with E-state index in [2.05, 4.69) is 5.32 Å². The van der Waals surface area contributed by atoms with E-state index in [0.29, 0.717) is 12.5 Å². The zero-order valence-electron chi connectivity index (χ0n) is 8.18. The quantitative estimate of drug-likeness (QED) is 0.393. The fourth-order valence-corrected chi connectivity index (χ4v) is 0.877. The summed E-state index contributed by atoms with van der Waals surface area (Å²) in [6.07, 6.45) is 0. The van der Waals surface area contributed by atoms with Gasteiger partial charge in [-0.1, -0.05) is 0 Å². The molecule has 0 amide bonds. The minimum atomic E-state index is -1.82. The lowest BCUT2D eigenvalue weighted by Gasteiger charge is -2.07. The van der Waals surface area contributed by atoms with E-state index in [-0.39, 0.29) is 6.61 Å². The van der Waals surface area contributed by atoms with Gasteiger partial charge in [0.25, 0.3) is 0 Å². The molecule has 15 heavy (non-hydrogen) atoms. The summed E-state index contributed by atoms with van der Waals surface area (Å²) in [4.78, 5) is 18.2. The van der Waals surface area contributed by atoms with Gasteiger partial charge in [-0.25, -0.2) is 9.59 Å². The van der Waals surface area contributed by atoms with Crippen LogP contribution in [0.25, 0.3) is 0 Å². The molecule has 1 aliphatic rings. The summed E-state index contributed by atoms with van der Waals surface area (Å²) in [5.74, 6) is -3.35. The fraction of sp³-hybridized carbons (Fsp3) is 0.750. The van der Waals surface area contributed by atoms with Gasteiger partial charge in [0.05, 0.1) is 13.2 Å². The lowest BCUT2D eigenvalue weighted by atomic mass is 10.2. The van der Waals surface area contributed by atoms with E-state index in [4.69, 9.17) is 29.6 Å². The molecule has 1 atom stereocenters.